The molecule has 0 aliphatic carbocycles. The third-order valence-corrected chi connectivity index (χ3v) is 2.45. The lowest BCUT2D eigenvalue weighted by Crippen LogP contribution is -2.42. The van der Waals surface area contributed by atoms with Gasteiger partial charge in [0.1, 0.15) is 5.75 Å². The fourth-order valence-corrected chi connectivity index (χ4v) is 1.52. The van der Waals surface area contributed by atoms with Crippen molar-refractivity contribution in [3.8, 4) is 5.75 Å². The molecule has 0 bridgehead atoms. The van der Waals surface area contributed by atoms with Gasteiger partial charge in [-0.05, 0) is 13.0 Å². The van der Waals surface area contributed by atoms with Gasteiger partial charge in [-0.2, -0.15) is 0 Å². The van der Waals surface area contributed by atoms with Gasteiger partial charge >= 0.3 is 12.0 Å². The van der Waals surface area contributed by atoms with Crippen LogP contribution in [-0.2, 0) is 20.7 Å². The lowest BCUT2D eigenvalue weighted by atomic mass is 10.1. The third-order valence-electron chi connectivity index (χ3n) is 2.45. The van der Waals surface area contributed by atoms with E-state index in [-0.39, 0.29) is 6.42 Å². The van der Waals surface area contributed by atoms with E-state index in [0.717, 1.165) is 0 Å². The standard InChI is InChI=1S/C13H16N2O5/c1-8(12(17)15-13(14)18)20-11(16)7-9-5-3-4-6-10(9)19-2/h3-6,8H,7H2,1-2H3,(H3,14,15,17,18)/t8-/m1/s1. The van der Waals surface area contributed by atoms with E-state index in [1.165, 1.54) is 14.0 Å². The highest BCUT2D eigenvalue weighted by Gasteiger charge is 2.19. The number of carbonyl (C=O) groups is 3. The molecule has 0 saturated heterocycles. The van der Waals surface area contributed by atoms with Crippen molar-refractivity contribution < 1.29 is 23.9 Å². The lowest BCUT2D eigenvalue weighted by Gasteiger charge is -2.13. The molecule has 20 heavy (non-hydrogen) atoms. The molecule has 7 nitrogen and oxygen atoms in total. The summed E-state index contributed by atoms with van der Waals surface area (Å²) in [5, 5.41) is 1.83. The van der Waals surface area contributed by atoms with Crippen molar-refractivity contribution in [2.24, 2.45) is 5.73 Å². The van der Waals surface area contributed by atoms with E-state index in [1.54, 1.807) is 24.3 Å². The molecule has 3 N–H and O–H groups in total. The topological polar surface area (TPSA) is 108 Å². The Morgan fingerprint density at radius 1 is 1.30 bits per heavy atom. The number of primary amides is 1. The van der Waals surface area contributed by atoms with E-state index in [0.29, 0.717) is 11.3 Å². The maximum atomic E-state index is 11.7. The quantitative estimate of drug-likeness (QED) is 0.757. The minimum absolute atomic E-state index is 0.0434. The maximum absolute atomic E-state index is 11.7. The molecule has 0 radical (unpaired) electrons. The average Bonchev–Trinajstić information content (AvgIpc) is 2.38. The molecule has 0 saturated carbocycles. The molecule has 0 aromatic heterocycles. The van der Waals surface area contributed by atoms with Crippen molar-refractivity contribution in [1.82, 2.24) is 5.32 Å². The predicted octanol–water partition coefficient (Wildman–Crippen LogP) is 0.364. The van der Waals surface area contributed by atoms with Gasteiger partial charge in [0.2, 0.25) is 0 Å². The number of ether oxygens (including phenoxy) is 2. The van der Waals surface area contributed by atoms with Gasteiger partial charge in [0.05, 0.1) is 13.5 Å². The number of methoxy groups -OCH3 is 1. The van der Waals surface area contributed by atoms with E-state index in [2.05, 4.69) is 0 Å². The zero-order valence-electron chi connectivity index (χ0n) is 11.2. The van der Waals surface area contributed by atoms with Crippen molar-refractivity contribution in [2.45, 2.75) is 19.4 Å². The molecule has 1 atom stereocenters. The zero-order valence-corrected chi connectivity index (χ0v) is 11.2. The van der Waals surface area contributed by atoms with E-state index in [9.17, 15) is 14.4 Å². The van der Waals surface area contributed by atoms with Gasteiger partial charge in [-0.3, -0.25) is 14.9 Å². The highest BCUT2D eigenvalue weighted by atomic mass is 16.5. The molecule has 3 amide bonds. The third kappa shape index (κ3) is 4.60. The number of imide groups is 1. The van der Waals surface area contributed by atoms with Gasteiger partial charge < -0.3 is 15.2 Å². The molecular weight excluding hydrogens is 264 g/mol. The van der Waals surface area contributed by atoms with Crippen LogP contribution >= 0.6 is 0 Å². The van der Waals surface area contributed by atoms with E-state index >= 15 is 0 Å². The number of urea groups is 1. The van der Waals surface area contributed by atoms with Gasteiger partial charge in [0.15, 0.2) is 6.10 Å². The lowest BCUT2D eigenvalue weighted by molar-refractivity contribution is -0.153. The largest absolute Gasteiger partial charge is 0.496 e. The fraction of sp³-hybridized carbons (Fsp3) is 0.308. The number of para-hydroxylation sites is 1. The van der Waals surface area contributed by atoms with Crippen molar-refractivity contribution in [3.05, 3.63) is 29.8 Å². The molecule has 1 aromatic rings. The van der Waals surface area contributed by atoms with Gasteiger partial charge in [-0.15, -0.1) is 0 Å². The number of hydrogen-bond acceptors (Lipinski definition) is 5. The second kappa shape index (κ2) is 7.13. The Morgan fingerprint density at radius 2 is 1.95 bits per heavy atom. The first kappa shape index (κ1) is 15.5. The van der Waals surface area contributed by atoms with Crippen molar-refractivity contribution in [1.29, 1.82) is 0 Å². The predicted molar refractivity (Wildman–Crippen MR) is 70.0 cm³/mol. The Hall–Kier alpha value is -2.57. The monoisotopic (exact) mass is 280 g/mol. The van der Waals surface area contributed by atoms with Gasteiger partial charge in [-0.1, -0.05) is 18.2 Å². The van der Waals surface area contributed by atoms with Gasteiger partial charge in [-0.25, -0.2) is 4.79 Å². The van der Waals surface area contributed by atoms with E-state index in [1.807, 2.05) is 5.32 Å². The van der Waals surface area contributed by atoms with Crippen LogP contribution in [0.25, 0.3) is 0 Å². The van der Waals surface area contributed by atoms with Crippen LogP contribution in [0.1, 0.15) is 12.5 Å². The number of esters is 1. The molecule has 0 aliphatic heterocycles. The van der Waals surface area contributed by atoms with Crippen LogP contribution in [0.2, 0.25) is 0 Å². The molecule has 0 heterocycles. The van der Waals surface area contributed by atoms with Crippen LogP contribution in [-0.4, -0.2) is 31.1 Å². The van der Waals surface area contributed by atoms with Crippen LogP contribution in [0.3, 0.4) is 0 Å². The highest BCUT2D eigenvalue weighted by Crippen LogP contribution is 2.18. The van der Waals surface area contributed by atoms with Crippen LogP contribution < -0.4 is 15.8 Å². The number of amides is 3. The summed E-state index contributed by atoms with van der Waals surface area (Å²) in [5.41, 5.74) is 5.44. The van der Waals surface area contributed by atoms with Crippen LogP contribution in [0.5, 0.6) is 5.75 Å². The Kier molecular flexibility index (Phi) is 5.52. The van der Waals surface area contributed by atoms with Crippen molar-refractivity contribution in [2.75, 3.05) is 7.11 Å². The summed E-state index contributed by atoms with van der Waals surface area (Å²) in [6, 6.07) is 5.97. The molecular formula is C13H16N2O5. The van der Waals surface area contributed by atoms with Crippen LogP contribution in [0, 0.1) is 0 Å². The number of hydrogen-bond donors (Lipinski definition) is 2. The van der Waals surface area contributed by atoms with E-state index < -0.39 is 24.0 Å². The van der Waals surface area contributed by atoms with Crippen LogP contribution in [0.4, 0.5) is 4.79 Å². The number of benzene rings is 1. The maximum Gasteiger partial charge on any atom is 0.318 e. The summed E-state index contributed by atoms with van der Waals surface area (Å²) in [7, 11) is 1.49. The summed E-state index contributed by atoms with van der Waals surface area (Å²) < 4.78 is 10.0. The second-order valence-electron chi connectivity index (χ2n) is 3.97. The summed E-state index contributed by atoms with van der Waals surface area (Å²) in [5.74, 6) is -0.828. The molecule has 1 aromatic carbocycles. The second-order valence-corrected chi connectivity index (χ2v) is 3.97. The first-order chi connectivity index (χ1) is 9.43. The summed E-state index contributed by atoms with van der Waals surface area (Å²) in [6.07, 6.45) is -1.15. The van der Waals surface area contributed by atoms with Crippen molar-refractivity contribution in [3.63, 3.8) is 0 Å². The van der Waals surface area contributed by atoms with E-state index in [4.69, 9.17) is 15.2 Å². The first-order valence-electron chi connectivity index (χ1n) is 5.85. The van der Waals surface area contributed by atoms with Crippen molar-refractivity contribution >= 4 is 17.9 Å². The molecule has 0 spiro atoms. The number of rotatable bonds is 5. The fourth-order valence-electron chi connectivity index (χ4n) is 1.52. The Bertz CT molecular complexity index is 515. The van der Waals surface area contributed by atoms with Gasteiger partial charge in [0, 0.05) is 5.56 Å². The highest BCUT2D eigenvalue weighted by molar-refractivity contribution is 5.96. The van der Waals surface area contributed by atoms with Crippen LogP contribution in [0.15, 0.2) is 24.3 Å². The molecule has 108 valence electrons. The number of nitrogens with one attached hydrogen (secondary N) is 1. The minimum Gasteiger partial charge on any atom is -0.496 e. The number of carbonyl (C=O) groups excluding carboxylic acids is 3. The SMILES string of the molecule is COc1ccccc1CC(=O)O[C@H](C)C(=O)NC(N)=O. The molecule has 0 unspecified atom stereocenters. The minimum atomic E-state index is -1.11. The molecule has 1 rings (SSSR count). The summed E-state index contributed by atoms with van der Waals surface area (Å²) in [6.45, 7) is 1.35. The zero-order chi connectivity index (χ0) is 15.1. The Morgan fingerprint density at radius 3 is 2.55 bits per heavy atom. The first-order valence-corrected chi connectivity index (χ1v) is 5.85. The van der Waals surface area contributed by atoms with Gasteiger partial charge in [0.25, 0.3) is 5.91 Å². The number of nitrogens with two attached hydrogens (primary N) is 1. The summed E-state index contributed by atoms with van der Waals surface area (Å²) >= 11 is 0. The Labute approximate surface area is 116 Å². The molecule has 0 fully saturated rings. The smallest absolute Gasteiger partial charge is 0.318 e. The normalized spacial score (nSPS) is 11.3. The molecule has 0 aliphatic rings. The molecule has 7 heteroatoms. The summed E-state index contributed by atoms with van der Waals surface area (Å²) in [4.78, 5) is 33.6. The average molecular weight is 280 g/mol. The Balaban J connectivity index is 2.59.